The highest BCUT2D eigenvalue weighted by molar-refractivity contribution is 6.09. The van der Waals surface area contributed by atoms with Gasteiger partial charge in [0, 0.05) is 23.4 Å². The molecule has 1 aromatic carbocycles. The van der Waals surface area contributed by atoms with Gasteiger partial charge in [-0.05, 0) is 37.1 Å². The van der Waals surface area contributed by atoms with Gasteiger partial charge in [-0.2, -0.15) is 0 Å². The summed E-state index contributed by atoms with van der Waals surface area (Å²) >= 11 is 0. The van der Waals surface area contributed by atoms with E-state index in [1.54, 1.807) is 6.20 Å². The molecule has 3 heterocycles. The summed E-state index contributed by atoms with van der Waals surface area (Å²) in [5, 5.41) is 4.55. The number of aryl methyl sites for hydroxylation is 1. The van der Waals surface area contributed by atoms with E-state index in [2.05, 4.69) is 28.5 Å². The number of piperidine rings is 1. The third-order valence-electron chi connectivity index (χ3n) is 4.24. The number of benzene rings is 1. The maximum Gasteiger partial charge on any atom is 0.249 e. The third kappa shape index (κ3) is 1.82. The highest BCUT2D eigenvalue weighted by atomic mass is 16.2. The summed E-state index contributed by atoms with van der Waals surface area (Å²) in [5.41, 5.74) is 2.91. The van der Waals surface area contributed by atoms with E-state index in [1.807, 2.05) is 23.6 Å². The first-order valence-electron chi connectivity index (χ1n) is 7.34. The van der Waals surface area contributed by atoms with Crippen LogP contribution in [0.4, 0.5) is 0 Å². The molecule has 1 N–H and O–H groups in total. The Kier molecular flexibility index (Phi) is 2.76. The molecule has 1 atom stereocenters. The van der Waals surface area contributed by atoms with Crippen LogP contribution in [0, 0.1) is 6.92 Å². The fourth-order valence-corrected chi connectivity index (χ4v) is 3.23. The number of carbonyl (C=O) groups is 2. The SMILES string of the molecule is Cc1ccc2c3cccnc3n(C3CCC(=O)NC3=O)c2c1. The lowest BCUT2D eigenvalue weighted by molar-refractivity contribution is -0.135. The van der Waals surface area contributed by atoms with Crippen LogP contribution >= 0.6 is 0 Å². The second-order valence-corrected chi connectivity index (χ2v) is 5.73. The van der Waals surface area contributed by atoms with Crippen LogP contribution in [-0.2, 0) is 9.59 Å². The zero-order valence-electron chi connectivity index (χ0n) is 12.2. The molecular formula is C17H15N3O2. The fraction of sp³-hybridized carbons (Fsp3) is 0.235. The minimum Gasteiger partial charge on any atom is -0.313 e. The van der Waals surface area contributed by atoms with Gasteiger partial charge in [0.2, 0.25) is 11.8 Å². The molecule has 1 aliphatic rings. The molecule has 1 unspecified atom stereocenters. The van der Waals surface area contributed by atoms with Gasteiger partial charge in [-0.3, -0.25) is 14.9 Å². The van der Waals surface area contributed by atoms with E-state index in [0.717, 1.165) is 27.5 Å². The summed E-state index contributed by atoms with van der Waals surface area (Å²) in [4.78, 5) is 28.2. The number of fused-ring (bicyclic) bond motifs is 3. The summed E-state index contributed by atoms with van der Waals surface area (Å²) in [5.74, 6) is -0.451. The van der Waals surface area contributed by atoms with Crippen molar-refractivity contribution in [2.75, 3.05) is 0 Å². The van der Waals surface area contributed by atoms with E-state index in [-0.39, 0.29) is 11.8 Å². The molecule has 0 spiro atoms. The van der Waals surface area contributed by atoms with Gasteiger partial charge in [-0.15, -0.1) is 0 Å². The fourth-order valence-electron chi connectivity index (χ4n) is 3.23. The smallest absolute Gasteiger partial charge is 0.249 e. The Balaban J connectivity index is 2.04. The lowest BCUT2D eigenvalue weighted by Crippen LogP contribution is -2.41. The highest BCUT2D eigenvalue weighted by Crippen LogP contribution is 2.33. The van der Waals surface area contributed by atoms with Crippen LogP contribution < -0.4 is 5.32 Å². The van der Waals surface area contributed by atoms with Crippen molar-refractivity contribution in [1.82, 2.24) is 14.9 Å². The van der Waals surface area contributed by atoms with Crippen molar-refractivity contribution in [3.63, 3.8) is 0 Å². The monoisotopic (exact) mass is 293 g/mol. The molecule has 2 aromatic heterocycles. The molecule has 110 valence electrons. The zero-order chi connectivity index (χ0) is 15.3. The largest absolute Gasteiger partial charge is 0.313 e. The Morgan fingerprint density at radius 3 is 2.91 bits per heavy atom. The summed E-state index contributed by atoms with van der Waals surface area (Å²) in [6, 6.07) is 9.72. The molecule has 22 heavy (non-hydrogen) atoms. The Labute approximate surface area is 126 Å². The molecular weight excluding hydrogens is 278 g/mol. The number of aromatic nitrogens is 2. The van der Waals surface area contributed by atoms with Crippen LogP contribution in [0.15, 0.2) is 36.5 Å². The number of amides is 2. The Morgan fingerprint density at radius 2 is 2.09 bits per heavy atom. The standard InChI is InChI=1S/C17H15N3O2/c1-10-4-5-11-12-3-2-8-18-16(12)20(14(11)9-10)13-6-7-15(21)19-17(13)22/h2-5,8-9,13H,6-7H2,1H3,(H,19,21,22). The van der Waals surface area contributed by atoms with Crippen LogP contribution in [0.3, 0.4) is 0 Å². The molecule has 3 aromatic rings. The van der Waals surface area contributed by atoms with Crippen molar-refractivity contribution in [1.29, 1.82) is 0 Å². The van der Waals surface area contributed by atoms with Crippen LogP contribution in [0.5, 0.6) is 0 Å². The van der Waals surface area contributed by atoms with Crippen molar-refractivity contribution in [3.8, 4) is 0 Å². The van der Waals surface area contributed by atoms with Crippen LogP contribution in [0.25, 0.3) is 21.9 Å². The first kappa shape index (κ1) is 13.0. The Bertz CT molecular complexity index is 926. The van der Waals surface area contributed by atoms with Gasteiger partial charge in [0.05, 0.1) is 5.52 Å². The molecule has 2 amide bonds. The summed E-state index contributed by atoms with van der Waals surface area (Å²) in [6.45, 7) is 2.03. The van der Waals surface area contributed by atoms with Crippen LogP contribution in [0.1, 0.15) is 24.4 Å². The number of hydrogen-bond donors (Lipinski definition) is 1. The minimum atomic E-state index is -0.394. The molecule has 1 aliphatic heterocycles. The van der Waals surface area contributed by atoms with E-state index in [1.165, 1.54) is 0 Å². The molecule has 0 saturated carbocycles. The first-order chi connectivity index (χ1) is 10.6. The third-order valence-corrected chi connectivity index (χ3v) is 4.24. The van der Waals surface area contributed by atoms with E-state index in [0.29, 0.717) is 12.8 Å². The summed E-state index contributed by atoms with van der Waals surface area (Å²) in [7, 11) is 0. The second kappa shape index (κ2) is 4.66. The lowest BCUT2D eigenvalue weighted by Gasteiger charge is -2.23. The van der Waals surface area contributed by atoms with Gasteiger partial charge in [0.25, 0.3) is 0 Å². The quantitative estimate of drug-likeness (QED) is 0.701. The van der Waals surface area contributed by atoms with Gasteiger partial charge in [0.15, 0.2) is 0 Å². The lowest BCUT2D eigenvalue weighted by atomic mass is 10.1. The van der Waals surface area contributed by atoms with Gasteiger partial charge in [0.1, 0.15) is 11.7 Å². The van der Waals surface area contributed by atoms with Crippen molar-refractivity contribution in [2.45, 2.75) is 25.8 Å². The molecule has 5 heteroatoms. The Hall–Kier alpha value is -2.69. The number of hydrogen-bond acceptors (Lipinski definition) is 3. The molecule has 1 saturated heterocycles. The zero-order valence-corrected chi connectivity index (χ0v) is 12.2. The number of pyridine rings is 1. The number of rotatable bonds is 1. The Morgan fingerprint density at radius 1 is 1.23 bits per heavy atom. The number of carbonyl (C=O) groups excluding carboxylic acids is 2. The summed E-state index contributed by atoms with van der Waals surface area (Å²) < 4.78 is 1.97. The highest BCUT2D eigenvalue weighted by Gasteiger charge is 2.30. The molecule has 0 bridgehead atoms. The molecule has 5 nitrogen and oxygen atoms in total. The summed E-state index contributed by atoms with van der Waals surface area (Å²) in [6.07, 6.45) is 2.60. The number of imide groups is 1. The van der Waals surface area contributed by atoms with E-state index < -0.39 is 6.04 Å². The predicted molar refractivity (Wildman–Crippen MR) is 83.4 cm³/mol. The van der Waals surface area contributed by atoms with Crippen molar-refractivity contribution in [3.05, 3.63) is 42.1 Å². The van der Waals surface area contributed by atoms with Crippen molar-refractivity contribution >= 4 is 33.8 Å². The minimum absolute atomic E-state index is 0.203. The number of nitrogens with one attached hydrogen (secondary N) is 1. The van der Waals surface area contributed by atoms with Crippen LogP contribution in [0.2, 0.25) is 0 Å². The predicted octanol–water partition coefficient (Wildman–Crippen LogP) is 2.48. The molecule has 1 fully saturated rings. The van der Waals surface area contributed by atoms with Gasteiger partial charge < -0.3 is 4.57 Å². The maximum absolute atomic E-state index is 12.3. The van der Waals surface area contributed by atoms with Gasteiger partial charge in [-0.1, -0.05) is 12.1 Å². The average molecular weight is 293 g/mol. The van der Waals surface area contributed by atoms with Crippen LogP contribution in [-0.4, -0.2) is 21.4 Å². The van der Waals surface area contributed by atoms with Gasteiger partial charge >= 0.3 is 0 Å². The average Bonchev–Trinajstić information content (AvgIpc) is 2.81. The van der Waals surface area contributed by atoms with E-state index in [4.69, 9.17) is 0 Å². The normalized spacial score (nSPS) is 18.9. The maximum atomic E-state index is 12.3. The van der Waals surface area contributed by atoms with E-state index >= 15 is 0 Å². The van der Waals surface area contributed by atoms with Gasteiger partial charge in [-0.25, -0.2) is 4.98 Å². The molecule has 0 aliphatic carbocycles. The molecule has 0 radical (unpaired) electrons. The molecule has 4 rings (SSSR count). The second-order valence-electron chi connectivity index (χ2n) is 5.73. The first-order valence-corrected chi connectivity index (χ1v) is 7.34. The topological polar surface area (TPSA) is 64.0 Å². The van der Waals surface area contributed by atoms with Crippen molar-refractivity contribution < 1.29 is 9.59 Å². The van der Waals surface area contributed by atoms with E-state index in [9.17, 15) is 9.59 Å². The van der Waals surface area contributed by atoms with Crippen molar-refractivity contribution in [2.24, 2.45) is 0 Å². The number of nitrogens with zero attached hydrogens (tertiary/aromatic N) is 2.